The summed E-state index contributed by atoms with van der Waals surface area (Å²) in [6.45, 7) is 2.47. The van der Waals surface area contributed by atoms with Crippen LogP contribution < -0.4 is 0 Å². The molecule has 0 saturated carbocycles. The van der Waals surface area contributed by atoms with Crippen molar-refractivity contribution in [1.29, 1.82) is 0 Å². The van der Waals surface area contributed by atoms with E-state index in [9.17, 15) is 13.2 Å². The van der Waals surface area contributed by atoms with Crippen LogP contribution in [-0.2, 0) is 12.7 Å². The molecule has 23 heavy (non-hydrogen) atoms. The van der Waals surface area contributed by atoms with Crippen molar-refractivity contribution in [2.75, 3.05) is 0 Å². The van der Waals surface area contributed by atoms with Crippen LogP contribution in [0.25, 0.3) is 11.5 Å². The quantitative estimate of drug-likeness (QED) is 0.707. The molecule has 0 amide bonds. The molecule has 0 unspecified atom stereocenters. The van der Waals surface area contributed by atoms with Gasteiger partial charge in [0.05, 0.1) is 0 Å². The lowest BCUT2D eigenvalue weighted by atomic mass is 10.3. The first kappa shape index (κ1) is 15.9. The normalized spacial score (nSPS) is 11.8. The SMILES string of the molecule is CCn1c(Sc2nc(C(F)(F)F)cs2)nnc1-c1ccccn1. The molecule has 0 aliphatic rings. The van der Waals surface area contributed by atoms with Gasteiger partial charge in [-0.05, 0) is 30.8 Å². The molecule has 0 fully saturated rings. The van der Waals surface area contributed by atoms with Crippen LogP contribution in [-0.4, -0.2) is 24.7 Å². The van der Waals surface area contributed by atoms with Crippen LogP contribution in [0.3, 0.4) is 0 Å². The maximum absolute atomic E-state index is 12.6. The zero-order chi connectivity index (χ0) is 16.4. The summed E-state index contributed by atoms with van der Waals surface area (Å²) in [5.74, 6) is 0.572. The molecule has 5 nitrogen and oxygen atoms in total. The highest BCUT2D eigenvalue weighted by molar-refractivity contribution is 8.00. The second-order valence-corrected chi connectivity index (χ2v) is 6.44. The minimum Gasteiger partial charge on any atom is -0.301 e. The number of hydrogen-bond donors (Lipinski definition) is 0. The van der Waals surface area contributed by atoms with Crippen molar-refractivity contribution in [3.05, 3.63) is 35.5 Å². The van der Waals surface area contributed by atoms with Crippen molar-refractivity contribution in [3.8, 4) is 11.5 Å². The molecular formula is C13H10F3N5S2. The van der Waals surface area contributed by atoms with Gasteiger partial charge in [0.25, 0.3) is 0 Å². The molecule has 0 atom stereocenters. The third-order valence-electron chi connectivity index (χ3n) is 2.88. The van der Waals surface area contributed by atoms with Crippen molar-refractivity contribution < 1.29 is 13.2 Å². The van der Waals surface area contributed by atoms with E-state index < -0.39 is 11.9 Å². The second kappa shape index (κ2) is 6.28. The van der Waals surface area contributed by atoms with E-state index in [2.05, 4.69) is 20.2 Å². The number of hydrogen-bond acceptors (Lipinski definition) is 6. The first-order valence-electron chi connectivity index (χ1n) is 6.54. The summed E-state index contributed by atoms with van der Waals surface area (Å²) in [7, 11) is 0. The van der Waals surface area contributed by atoms with Gasteiger partial charge in [-0.3, -0.25) is 4.98 Å². The smallest absolute Gasteiger partial charge is 0.301 e. The van der Waals surface area contributed by atoms with Gasteiger partial charge in [-0.1, -0.05) is 6.07 Å². The fourth-order valence-corrected chi connectivity index (χ4v) is 3.66. The molecule has 0 N–H and O–H groups in total. The van der Waals surface area contributed by atoms with E-state index in [1.54, 1.807) is 22.9 Å². The molecule has 0 aromatic carbocycles. The Morgan fingerprint density at radius 3 is 2.70 bits per heavy atom. The highest BCUT2D eigenvalue weighted by Gasteiger charge is 2.34. The lowest BCUT2D eigenvalue weighted by Gasteiger charge is -2.05. The third kappa shape index (κ3) is 3.37. The predicted octanol–water partition coefficient (Wildman–Crippen LogP) is 3.99. The lowest BCUT2D eigenvalue weighted by Crippen LogP contribution is -2.04. The van der Waals surface area contributed by atoms with E-state index in [0.29, 0.717) is 23.2 Å². The molecule has 0 saturated heterocycles. The molecule has 3 rings (SSSR count). The molecule has 0 aliphatic heterocycles. The van der Waals surface area contributed by atoms with Crippen LogP contribution in [0.2, 0.25) is 0 Å². The van der Waals surface area contributed by atoms with Crippen LogP contribution in [0, 0.1) is 0 Å². The average molecular weight is 357 g/mol. The van der Waals surface area contributed by atoms with E-state index in [-0.39, 0.29) is 4.34 Å². The Morgan fingerprint density at radius 1 is 1.26 bits per heavy atom. The van der Waals surface area contributed by atoms with Crippen LogP contribution in [0.5, 0.6) is 0 Å². The molecule has 0 spiro atoms. The second-order valence-electron chi connectivity index (χ2n) is 4.36. The molecule has 0 aliphatic carbocycles. The summed E-state index contributed by atoms with van der Waals surface area (Å²) in [6.07, 6.45) is -2.79. The van der Waals surface area contributed by atoms with Crippen molar-refractivity contribution in [2.24, 2.45) is 0 Å². The molecule has 0 radical (unpaired) electrons. The van der Waals surface area contributed by atoms with E-state index >= 15 is 0 Å². The number of rotatable bonds is 4. The van der Waals surface area contributed by atoms with Crippen molar-refractivity contribution in [1.82, 2.24) is 24.7 Å². The van der Waals surface area contributed by atoms with E-state index in [1.165, 1.54) is 0 Å². The van der Waals surface area contributed by atoms with Crippen LogP contribution >= 0.6 is 23.1 Å². The summed E-state index contributed by atoms with van der Waals surface area (Å²) >= 11 is 1.99. The number of nitrogens with zero attached hydrogens (tertiary/aromatic N) is 5. The zero-order valence-corrected chi connectivity index (χ0v) is 13.4. The summed E-state index contributed by atoms with van der Waals surface area (Å²) in [5.41, 5.74) is -0.235. The Balaban J connectivity index is 1.90. The fourth-order valence-electron chi connectivity index (χ4n) is 1.85. The van der Waals surface area contributed by atoms with Crippen molar-refractivity contribution >= 4 is 23.1 Å². The standard InChI is InChI=1S/C13H10F3N5S2/c1-2-21-10(8-5-3-4-6-17-8)19-20-11(21)23-12-18-9(7-22-12)13(14,15)16/h3-7H,2H2,1H3. The van der Waals surface area contributed by atoms with Gasteiger partial charge in [0.15, 0.2) is 21.0 Å². The molecule has 0 bridgehead atoms. The van der Waals surface area contributed by atoms with Crippen molar-refractivity contribution in [3.63, 3.8) is 0 Å². The van der Waals surface area contributed by atoms with Gasteiger partial charge in [0.1, 0.15) is 5.69 Å². The Kier molecular flexibility index (Phi) is 4.35. The van der Waals surface area contributed by atoms with Gasteiger partial charge in [0.2, 0.25) is 0 Å². The first-order chi connectivity index (χ1) is 11.0. The largest absolute Gasteiger partial charge is 0.434 e. The number of thiazole rings is 1. The first-order valence-corrected chi connectivity index (χ1v) is 8.24. The van der Waals surface area contributed by atoms with Crippen LogP contribution in [0.15, 0.2) is 39.3 Å². The maximum atomic E-state index is 12.6. The van der Waals surface area contributed by atoms with Gasteiger partial charge in [-0.25, -0.2) is 4.98 Å². The monoisotopic (exact) mass is 357 g/mol. The van der Waals surface area contributed by atoms with Gasteiger partial charge in [0, 0.05) is 18.1 Å². The van der Waals surface area contributed by atoms with Gasteiger partial charge in [-0.15, -0.1) is 21.5 Å². The molecule has 3 aromatic heterocycles. The zero-order valence-electron chi connectivity index (χ0n) is 11.8. The summed E-state index contributed by atoms with van der Waals surface area (Å²) < 4.78 is 39.9. The number of pyridine rings is 1. The van der Waals surface area contributed by atoms with Crippen molar-refractivity contribution in [2.45, 2.75) is 29.1 Å². The molecule has 10 heteroatoms. The topological polar surface area (TPSA) is 56.5 Å². The van der Waals surface area contributed by atoms with E-state index in [4.69, 9.17) is 0 Å². The Hall–Kier alpha value is -1.94. The number of aromatic nitrogens is 5. The molecular weight excluding hydrogens is 347 g/mol. The average Bonchev–Trinajstić information content (AvgIpc) is 3.15. The Morgan fingerprint density at radius 2 is 2.09 bits per heavy atom. The van der Waals surface area contributed by atoms with Crippen LogP contribution in [0.4, 0.5) is 13.2 Å². The molecule has 3 heterocycles. The third-order valence-corrected chi connectivity index (χ3v) is 4.80. The Bertz CT molecular complexity index is 798. The minimum atomic E-state index is -4.44. The van der Waals surface area contributed by atoms with E-state index in [1.807, 2.05) is 13.0 Å². The minimum absolute atomic E-state index is 0.270. The summed E-state index contributed by atoms with van der Waals surface area (Å²) in [4.78, 5) is 7.81. The van der Waals surface area contributed by atoms with Gasteiger partial charge in [-0.2, -0.15) is 13.2 Å². The highest BCUT2D eigenvalue weighted by atomic mass is 32.2. The molecule has 120 valence electrons. The maximum Gasteiger partial charge on any atom is 0.434 e. The van der Waals surface area contributed by atoms with Crippen LogP contribution in [0.1, 0.15) is 12.6 Å². The van der Waals surface area contributed by atoms with Gasteiger partial charge < -0.3 is 4.57 Å². The fraction of sp³-hybridized carbons (Fsp3) is 0.231. The van der Waals surface area contributed by atoms with E-state index in [0.717, 1.165) is 28.5 Å². The molecule has 3 aromatic rings. The highest BCUT2D eigenvalue weighted by Crippen LogP contribution is 2.36. The number of halogens is 3. The Labute approximate surface area is 137 Å². The number of alkyl halides is 3. The van der Waals surface area contributed by atoms with Gasteiger partial charge >= 0.3 is 6.18 Å². The summed E-state index contributed by atoms with van der Waals surface area (Å²) in [5, 5.41) is 9.62. The summed E-state index contributed by atoms with van der Waals surface area (Å²) in [6, 6.07) is 5.43. The predicted molar refractivity (Wildman–Crippen MR) is 80.2 cm³/mol. The lowest BCUT2D eigenvalue weighted by molar-refractivity contribution is -0.141.